The van der Waals surface area contributed by atoms with Crippen LogP contribution < -0.4 is 9.64 Å². The second-order valence-corrected chi connectivity index (χ2v) is 7.19. The molecular formula is C20H26ClNO. The Labute approximate surface area is 145 Å². The zero-order valence-electron chi connectivity index (χ0n) is 14.6. The fourth-order valence-corrected chi connectivity index (χ4v) is 2.78. The van der Waals surface area contributed by atoms with E-state index in [0.29, 0.717) is 0 Å². The van der Waals surface area contributed by atoms with Gasteiger partial charge in [0.2, 0.25) is 0 Å². The Balaban J connectivity index is 2.12. The first-order chi connectivity index (χ1) is 10.8. The Morgan fingerprint density at radius 3 is 2.26 bits per heavy atom. The van der Waals surface area contributed by atoms with Gasteiger partial charge in [-0.2, -0.15) is 0 Å². The molecule has 0 aliphatic heterocycles. The van der Waals surface area contributed by atoms with Gasteiger partial charge in [0.1, 0.15) is 5.75 Å². The molecule has 0 bridgehead atoms. The monoisotopic (exact) mass is 331 g/mol. The molecule has 3 heteroatoms. The zero-order valence-corrected chi connectivity index (χ0v) is 15.4. The lowest BCUT2D eigenvalue weighted by atomic mass is 9.87. The van der Waals surface area contributed by atoms with Gasteiger partial charge < -0.3 is 9.64 Å². The lowest BCUT2D eigenvalue weighted by Crippen LogP contribution is -2.37. The highest BCUT2D eigenvalue weighted by Crippen LogP contribution is 2.26. The summed E-state index contributed by atoms with van der Waals surface area (Å²) in [5.74, 6) is 0.881. The lowest BCUT2D eigenvalue weighted by molar-refractivity contribution is 0.216. The van der Waals surface area contributed by atoms with Crippen molar-refractivity contribution in [3.8, 4) is 5.75 Å². The predicted molar refractivity (Wildman–Crippen MR) is 99.7 cm³/mol. The molecule has 0 fully saturated rings. The van der Waals surface area contributed by atoms with Crippen molar-refractivity contribution < 1.29 is 4.74 Å². The average Bonchev–Trinajstić information content (AvgIpc) is 2.47. The molecule has 124 valence electrons. The van der Waals surface area contributed by atoms with Gasteiger partial charge in [0, 0.05) is 17.3 Å². The molecule has 1 unspecified atom stereocenters. The van der Waals surface area contributed by atoms with Crippen LogP contribution in [0.1, 0.15) is 40.2 Å². The minimum Gasteiger partial charge on any atom is -0.471 e. The molecule has 0 saturated heterocycles. The Hall–Kier alpha value is -1.67. The van der Waals surface area contributed by atoms with Crippen molar-refractivity contribution in [1.29, 1.82) is 0 Å². The molecule has 0 radical (unpaired) electrons. The highest BCUT2D eigenvalue weighted by molar-refractivity contribution is 6.30. The Morgan fingerprint density at radius 1 is 1.09 bits per heavy atom. The zero-order chi connectivity index (χ0) is 17.0. The summed E-state index contributed by atoms with van der Waals surface area (Å²) in [5.41, 5.74) is 2.53. The number of hydrogen-bond donors (Lipinski definition) is 0. The molecule has 2 rings (SSSR count). The van der Waals surface area contributed by atoms with Crippen molar-refractivity contribution in [2.45, 2.75) is 46.3 Å². The average molecular weight is 332 g/mol. The maximum absolute atomic E-state index is 6.11. The lowest BCUT2D eigenvalue weighted by Gasteiger charge is -2.30. The van der Waals surface area contributed by atoms with Crippen LogP contribution in [0, 0.1) is 0 Å². The first kappa shape index (κ1) is 17.7. The number of nitrogens with zero attached hydrogens (tertiary/aromatic N) is 1. The molecule has 0 spiro atoms. The first-order valence-electron chi connectivity index (χ1n) is 8.10. The van der Waals surface area contributed by atoms with Crippen LogP contribution in [-0.4, -0.2) is 12.8 Å². The highest BCUT2D eigenvalue weighted by Gasteiger charge is 2.16. The maximum atomic E-state index is 6.11. The van der Waals surface area contributed by atoms with Crippen LogP contribution in [-0.2, 0) is 5.41 Å². The fourth-order valence-electron chi connectivity index (χ4n) is 2.60. The molecule has 0 aliphatic carbocycles. The van der Waals surface area contributed by atoms with Gasteiger partial charge in [0.25, 0.3) is 0 Å². The fraction of sp³-hybridized carbons (Fsp3) is 0.400. The van der Waals surface area contributed by atoms with Gasteiger partial charge in [-0.25, -0.2) is 0 Å². The largest absolute Gasteiger partial charge is 0.471 e. The van der Waals surface area contributed by atoms with E-state index in [9.17, 15) is 0 Å². The van der Waals surface area contributed by atoms with E-state index in [4.69, 9.17) is 16.3 Å². The van der Waals surface area contributed by atoms with Gasteiger partial charge in [-0.1, -0.05) is 50.6 Å². The van der Waals surface area contributed by atoms with Crippen LogP contribution in [0.3, 0.4) is 0 Å². The standard InChI is InChI=1S/C20H26ClNO/c1-6-22(18-9-7-8-17(21)14-18)15(2)23-19-12-10-16(11-13-19)20(3,4)5/h7-15H,6H2,1-5H3. The number of rotatable bonds is 5. The summed E-state index contributed by atoms with van der Waals surface area (Å²) < 4.78 is 6.11. The van der Waals surface area contributed by atoms with E-state index in [0.717, 1.165) is 23.0 Å². The van der Waals surface area contributed by atoms with Gasteiger partial charge in [-0.15, -0.1) is 0 Å². The van der Waals surface area contributed by atoms with Gasteiger partial charge in [0.15, 0.2) is 6.23 Å². The minimum atomic E-state index is -0.0704. The topological polar surface area (TPSA) is 12.5 Å². The molecule has 1 atom stereocenters. The summed E-state index contributed by atoms with van der Waals surface area (Å²) in [5, 5.41) is 0.739. The van der Waals surface area contributed by atoms with E-state index in [1.807, 2.05) is 30.3 Å². The van der Waals surface area contributed by atoms with E-state index in [2.05, 4.69) is 57.7 Å². The van der Waals surface area contributed by atoms with Crippen LogP contribution in [0.25, 0.3) is 0 Å². The third-order valence-electron chi connectivity index (χ3n) is 3.95. The summed E-state index contributed by atoms with van der Waals surface area (Å²) in [4.78, 5) is 2.18. The van der Waals surface area contributed by atoms with Crippen molar-refractivity contribution >= 4 is 17.3 Å². The SMILES string of the molecule is CCN(c1cccc(Cl)c1)C(C)Oc1ccc(C(C)(C)C)cc1. The number of halogens is 1. The predicted octanol–water partition coefficient (Wildman–Crippen LogP) is 5.89. The molecule has 0 aromatic heterocycles. The molecule has 0 saturated carbocycles. The van der Waals surface area contributed by atoms with E-state index < -0.39 is 0 Å². The van der Waals surface area contributed by atoms with Gasteiger partial charge in [-0.05, 0) is 55.2 Å². The van der Waals surface area contributed by atoms with Crippen LogP contribution in [0.15, 0.2) is 48.5 Å². The van der Waals surface area contributed by atoms with Crippen LogP contribution in [0.5, 0.6) is 5.75 Å². The Bertz CT molecular complexity index is 631. The second kappa shape index (κ2) is 7.27. The van der Waals surface area contributed by atoms with E-state index >= 15 is 0 Å². The molecule has 0 N–H and O–H groups in total. The molecule has 0 aliphatic rings. The van der Waals surface area contributed by atoms with Crippen molar-refractivity contribution in [2.24, 2.45) is 0 Å². The molecule has 2 aromatic carbocycles. The number of hydrogen-bond acceptors (Lipinski definition) is 2. The molecule has 0 heterocycles. The molecule has 23 heavy (non-hydrogen) atoms. The van der Waals surface area contributed by atoms with Gasteiger partial charge in [-0.3, -0.25) is 0 Å². The van der Waals surface area contributed by atoms with Crippen molar-refractivity contribution in [3.05, 3.63) is 59.1 Å². The van der Waals surface area contributed by atoms with E-state index in [1.54, 1.807) is 0 Å². The van der Waals surface area contributed by atoms with Gasteiger partial charge in [0.05, 0.1) is 0 Å². The van der Waals surface area contributed by atoms with Crippen molar-refractivity contribution in [2.75, 3.05) is 11.4 Å². The number of ether oxygens (including phenoxy) is 1. The number of benzene rings is 2. The Morgan fingerprint density at radius 2 is 1.74 bits per heavy atom. The first-order valence-corrected chi connectivity index (χ1v) is 8.48. The summed E-state index contributed by atoms with van der Waals surface area (Å²) in [6.45, 7) is 11.7. The van der Waals surface area contributed by atoms with E-state index in [1.165, 1.54) is 5.56 Å². The van der Waals surface area contributed by atoms with Crippen molar-refractivity contribution in [3.63, 3.8) is 0 Å². The second-order valence-electron chi connectivity index (χ2n) is 6.76. The highest BCUT2D eigenvalue weighted by atomic mass is 35.5. The molecule has 0 amide bonds. The normalized spacial score (nSPS) is 12.8. The third-order valence-corrected chi connectivity index (χ3v) is 4.18. The van der Waals surface area contributed by atoms with Gasteiger partial charge >= 0.3 is 0 Å². The van der Waals surface area contributed by atoms with E-state index in [-0.39, 0.29) is 11.6 Å². The van der Waals surface area contributed by atoms with Crippen LogP contribution >= 0.6 is 11.6 Å². The third kappa shape index (κ3) is 4.65. The summed E-state index contributed by atoms with van der Waals surface area (Å²) in [7, 11) is 0. The smallest absolute Gasteiger partial charge is 0.169 e. The Kier molecular flexibility index (Phi) is 5.59. The minimum absolute atomic E-state index is 0.0704. The summed E-state index contributed by atoms with van der Waals surface area (Å²) in [6.07, 6.45) is -0.0704. The molecule has 2 nitrogen and oxygen atoms in total. The quantitative estimate of drug-likeness (QED) is 0.633. The molecular weight excluding hydrogens is 306 g/mol. The molecule has 2 aromatic rings. The van der Waals surface area contributed by atoms with Crippen LogP contribution in [0.2, 0.25) is 5.02 Å². The summed E-state index contributed by atoms with van der Waals surface area (Å²) >= 11 is 6.10. The van der Waals surface area contributed by atoms with Crippen LogP contribution in [0.4, 0.5) is 5.69 Å². The number of anilines is 1. The maximum Gasteiger partial charge on any atom is 0.169 e. The summed E-state index contributed by atoms with van der Waals surface area (Å²) in [6, 6.07) is 16.2. The van der Waals surface area contributed by atoms with Crippen molar-refractivity contribution in [1.82, 2.24) is 0 Å².